The molecule has 1 fully saturated rings. The van der Waals surface area contributed by atoms with Gasteiger partial charge in [0.15, 0.2) is 11.5 Å². The van der Waals surface area contributed by atoms with Gasteiger partial charge in [0.05, 0.1) is 14.2 Å². The van der Waals surface area contributed by atoms with Crippen molar-refractivity contribution in [3.8, 4) is 11.5 Å². The lowest BCUT2D eigenvalue weighted by Gasteiger charge is -2.25. The average molecular weight is 457 g/mol. The maximum absolute atomic E-state index is 12.9. The van der Waals surface area contributed by atoms with Crippen molar-refractivity contribution < 1.29 is 22.7 Å². The fraction of sp³-hybridized carbons (Fsp3) is 0.421. The van der Waals surface area contributed by atoms with Crippen LogP contribution in [0.5, 0.6) is 11.5 Å². The largest absolute Gasteiger partial charge is 0.493 e. The molecule has 1 aromatic carbocycles. The van der Waals surface area contributed by atoms with Crippen LogP contribution < -0.4 is 14.8 Å². The first-order valence-corrected chi connectivity index (χ1v) is 12.6. The highest BCUT2D eigenvalue weighted by Crippen LogP contribution is 2.28. The third kappa shape index (κ3) is 5.06. The third-order valence-electron chi connectivity index (χ3n) is 4.57. The minimum Gasteiger partial charge on any atom is -0.493 e. The molecule has 1 aromatic heterocycles. The van der Waals surface area contributed by atoms with Crippen molar-refractivity contribution in [2.24, 2.45) is 0 Å². The first kappa shape index (κ1) is 21.9. The van der Waals surface area contributed by atoms with E-state index in [1.54, 1.807) is 31.4 Å². The lowest BCUT2D eigenvalue weighted by Crippen LogP contribution is -2.38. The number of rotatable bonds is 8. The highest BCUT2D eigenvalue weighted by molar-refractivity contribution is 7.99. The van der Waals surface area contributed by atoms with Crippen molar-refractivity contribution in [3.63, 3.8) is 0 Å². The molecule has 7 nitrogen and oxygen atoms in total. The van der Waals surface area contributed by atoms with Crippen LogP contribution in [0.4, 0.5) is 0 Å². The van der Waals surface area contributed by atoms with E-state index in [2.05, 4.69) is 5.32 Å². The van der Waals surface area contributed by atoms with Crippen molar-refractivity contribution in [1.82, 2.24) is 9.62 Å². The molecule has 0 spiro atoms. The monoisotopic (exact) mass is 456 g/mol. The molecule has 0 saturated carbocycles. The molecule has 0 bridgehead atoms. The molecule has 1 aliphatic rings. The number of thioether (sulfide) groups is 1. The van der Waals surface area contributed by atoms with Gasteiger partial charge in [0.1, 0.15) is 9.77 Å². The molecule has 0 atom stereocenters. The van der Waals surface area contributed by atoms with E-state index >= 15 is 0 Å². The number of sulfonamides is 1. The first-order chi connectivity index (χ1) is 14.0. The number of methoxy groups -OCH3 is 2. The fourth-order valence-corrected chi connectivity index (χ4v) is 6.92. The Labute approximate surface area is 179 Å². The predicted molar refractivity (Wildman–Crippen MR) is 116 cm³/mol. The van der Waals surface area contributed by atoms with Crippen LogP contribution in [0.1, 0.15) is 15.2 Å². The normalized spacial score (nSPS) is 15.1. The van der Waals surface area contributed by atoms with Crippen LogP contribution in [-0.4, -0.2) is 64.0 Å². The molecule has 1 amide bonds. The van der Waals surface area contributed by atoms with Crippen LogP contribution in [0.3, 0.4) is 0 Å². The van der Waals surface area contributed by atoms with E-state index in [9.17, 15) is 13.2 Å². The Morgan fingerprint density at radius 3 is 2.55 bits per heavy atom. The van der Waals surface area contributed by atoms with E-state index in [-0.39, 0.29) is 15.7 Å². The molecular weight excluding hydrogens is 432 g/mol. The molecule has 2 aromatic rings. The summed E-state index contributed by atoms with van der Waals surface area (Å²) in [5, 5.41) is 4.48. The molecule has 0 radical (unpaired) electrons. The van der Waals surface area contributed by atoms with Crippen molar-refractivity contribution in [2.75, 3.05) is 45.4 Å². The molecule has 1 aliphatic heterocycles. The number of nitrogens with one attached hydrogen (secondary N) is 1. The van der Waals surface area contributed by atoms with Crippen LogP contribution in [0.25, 0.3) is 0 Å². The van der Waals surface area contributed by atoms with Gasteiger partial charge in [0, 0.05) is 31.1 Å². The second-order valence-electron chi connectivity index (χ2n) is 6.33. The highest BCUT2D eigenvalue weighted by atomic mass is 32.2. The average Bonchev–Trinajstić information content (AvgIpc) is 3.25. The predicted octanol–water partition coefficient (Wildman–Crippen LogP) is 2.48. The Hall–Kier alpha value is -1.75. The van der Waals surface area contributed by atoms with E-state index in [0.717, 1.165) is 28.4 Å². The number of carbonyl (C=O) groups excluding carboxylic acids is 1. The Balaban J connectivity index is 1.64. The first-order valence-electron chi connectivity index (χ1n) is 9.12. The summed E-state index contributed by atoms with van der Waals surface area (Å²) in [6.45, 7) is 1.33. The highest BCUT2D eigenvalue weighted by Gasteiger charge is 2.31. The second-order valence-corrected chi connectivity index (χ2v) is 10.4. The van der Waals surface area contributed by atoms with Crippen LogP contribution in [0, 0.1) is 0 Å². The Kier molecular flexibility index (Phi) is 7.44. The standard InChI is InChI=1S/C19H24N2O5S3/c1-25-15-4-3-14(13-16(15)26-2)5-7-20-19(22)18-17(6-10-28-18)29(23,24)21-8-11-27-12-9-21/h3-4,6,10,13H,5,7-9,11-12H2,1-2H3,(H,20,22). The van der Waals surface area contributed by atoms with Gasteiger partial charge in [-0.05, 0) is 35.6 Å². The van der Waals surface area contributed by atoms with Crippen molar-refractivity contribution in [2.45, 2.75) is 11.3 Å². The molecule has 1 saturated heterocycles. The Morgan fingerprint density at radius 1 is 1.14 bits per heavy atom. The maximum atomic E-state index is 12.9. The molecule has 2 heterocycles. The number of hydrogen-bond donors (Lipinski definition) is 1. The summed E-state index contributed by atoms with van der Waals surface area (Å²) in [7, 11) is -0.500. The van der Waals surface area contributed by atoms with E-state index in [0.29, 0.717) is 37.6 Å². The summed E-state index contributed by atoms with van der Waals surface area (Å²) >= 11 is 2.88. The molecule has 0 unspecified atom stereocenters. The minimum atomic E-state index is -3.65. The summed E-state index contributed by atoms with van der Waals surface area (Å²) in [4.78, 5) is 13.0. The summed E-state index contributed by atoms with van der Waals surface area (Å²) in [6.07, 6.45) is 0.586. The number of carbonyl (C=O) groups is 1. The van der Waals surface area contributed by atoms with Crippen LogP contribution in [-0.2, 0) is 16.4 Å². The van der Waals surface area contributed by atoms with Gasteiger partial charge in [-0.2, -0.15) is 16.1 Å². The van der Waals surface area contributed by atoms with E-state index in [1.807, 2.05) is 18.2 Å². The lowest BCUT2D eigenvalue weighted by atomic mass is 10.1. The number of nitrogens with zero attached hydrogens (tertiary/aromatic N) is 1. The summed E-state index contributed by atoms with van der Waals surface area (Å²) in [6, 6.07) is 7.10. The van der Waals surface area contributed by atoms with Gasteiger partial charge in [0.2, 0.25) is 10.0 Å². The number of ether oxygens (including phenoxy) is 2. The summed E-state index contributed by atoms with van der Waals surface area (Å²) in [5.41, 5.74) is 0.979. The van der Waals surface area contributed by atoms with Gasteiger partial charge in [-0.15, -0.1) is 11.3 Å². The summed E-state index contributed by atoms with van der Waals surface area (Å²) in [5.74, 6) is 2.45. The van der Waals surface area contributed by atoms with Crippen molar-refractivity contribution in [1.29, 1.82) is 0 Å². The number of thiophene rings is 1. The van der Waals surface area contributed by atoms with E-state index < -0.39 is 10.0 Å². The number of amides is 1. The molecule has 0 aliphatic carbocycles. The zero-order chi connectivity index (χ0) is 20.9. The van der Waals surface area contributed by atoms with E-state index in [1.165, 1.54) is 10.4 Å². The zero-order valence-electron chi connectivity index (χ0n) is 16.3. The number of hydrogen-bond acceptors (Lipinski definition) is 7. The quantitative estimate of drug-likeness (QED) is 0.657. The topological polar surface area (TPSA) is 84.9 Å². The molecule has 10 heteroatoms. The minimum absolute atomic E-state index is 0.0954. The lowest BCUT2D eigenvalue weighted by molar-refractivity contribution is 0.0955. The Bertz CT molecular complexity index is 953. The van der Waals surface area contributed by atoms with Gasteiger partial charge >= 0.3 is 0 Å². The van der Waals surface area contributed by atoms with Gasteiger partial charge < -0.3 is 14.8 Å². The fourth-order valence-electron chi connectivity index (χ4n) is 3.03. The van der Waals surface area contributed by atoms with Gasteiger partial charge in [-0.3, -0.25) is 4.79 Å². The molecular formula is C19H24N2O5S3. The van der Waals surface area contributed by atoms with Gasteiger partial charge in [0.25, 0.3) is 5.91 Å². The van der Waals surface area contributed by atoms with Crippen LogP contribution in [0.15, 0.2) is 34.5 Å². The smallest absolute Gasteiger partial charge is 0.262 e. The maximum Gasteiger partial charge on any atom is 0.262 e. The van der Waals surface area contributed by atoms with Gasteiger partial charge in [-0.1, -0.05) is 6.07 Å². The molecule has 158 valence electrons. The zero-order valence-corrected chi connectivity index (χ0v) is 18.8. The van der Waals surface area contributed by atoms with E-state index in [4.69, 9.17) is 9.47 Å². The number of benzene rings is 1. The molecule has 29 heavy (non-hydrogen) atoms. The van der Waals surface area contributed by atoms with Crippen LogP contribution in [0.2, 0.25) is 0 Å². The van der Waals surface area contributed by atoms with Gasteiger partial charge in [-0.25, -0.2) is 8.42 Å². The molecule has 1 N–H and O–H groups in total. The third-order valence-corrected chi connectivity index (χ3v) is 8.50. The second kappa shape index (κ2) is 9.84. The summed E-state index contributed by atoms with van der Waals surface area (Å²) < 4.78 is 37.8. The van der Waals surface area contributed by atoms with Crippen molar-refractivity contribution in [3.05, 3.63) is 40.1 Å². The van der Waals surface area contributed by atoms with Crippen molar-refractivity contribution >= 4 is 39.0 Å². The van der Waals surface area contributed by atoms with Crippen LogP contribution >= 0.6 is 23.1 Å². The molecule has 3 rings (SSSR count). The Morgan fingerprint density at radius 2 is 1.86 bits per heavy atom. The SMILES string of the molecule is COc1ccc(CCNC(=O)c2sccc2S(=O)(=O)N2CCSCC2)cc1OC.